The summed E-state index contributed by atoms with van der Waals surface area (Å²) in [6, 6.07) is 8.68. The Morgan fingerprint density at radius 3 is 2.36 bits per heavy atom. The Bertz CT molecular complexity index is 860. The molecule has 1 aliphatic heterocycles. The minimum absolute atomic E-state index is 0.0319. The first-order chi connectivity index (χ1) is 13.4. The summed E-state index contributed by atoms with van der Waals surface area (Å²) in [7, 11) is 0. The summed E-state index contributed by atoms with van der Waals surface area (Å²) in [6.07, 6.45) is 0. The molecule has 1 fully saturated rings. The highest BCUT2D eigenvalue weighted by Gasteiger charge is 2.28. The molecule has 1 amide bonds. The Hall–Kier alpha value is -2.64. The van der Waals surface area contributed by atoms with Gasteiger partial charge in [-0.15, -0.1) is 11.6 Å². The molecule has 2 aromatic carbocycles. The quantitative estimate of drug-likeness (QED) is 0.458. The SMILES string of the molecule is O=C(CCl)N1CCN(Cc2cc(O)ccc2O)CC(c2cc(O)ccc2O)C1. The molecule has 28 heavy (non-hydrogen) atoms. The number of carbonyl (C=O) groups excluding carboxylic acids is 1. The fraction of sp³-hybridized carbons (Fsp3) is 0.350. The molecule has 0 aromatic heterocycles. The molecule has 0 radical (unpaired) electrons. The van der Waals surface area contributed by atoms with Gasteiger partial charge in [0, 0.05) is 49.8 Å². The van der Waals surface area contributed by atoms with Gasteiger partial charge in [0.1, 0.15) is 28.9 Å². The van der Waals surface area contributed by atoms with Crippen LogP contribution in [0.4, 0.5) is 0 Å². The number of carbonyl (C=O) groups is 1. The number of aromatic hydroxyl groups is 4. The lowest BCUT2D eigenvalue weighted by Gasteiger charge is -2.25. The van der Waals surface area contributed by atoms with Crippen molar-refractivity contribution in [2.24, 2.45) is 0 Å². The lowest BCUT2D eigenvalue weighted by atomic mass is 9.96. The molecule has 2 aromatic rings. The van der Waals surface area contributed by atoms with Crippen LogP contribution in [0.1, 0.15) is 17.0 Å². The molecule has 0 aliphatic carbocycles. The van der Waals surface area contributed by atoms with Gasteiger partial charge in [0.05, 0.1) is 0 Å². The molecule has 1 saturated heterocycles. The standard InChI is InChI=1S/C20H23ClN2O5/c21-9-20(28)23-6-5-22(10-13-7-15(24)1-3-18(13)26)11-14(12-23)17-8-16(25)2-4-19(17)27/h1-4,7-8,14,24-27H,5-6,9-12H2. The molecule has 8 heteroatoms. The summed E-state index contributed by atoms with van der Waals surface area (Å²) < 4.78 is 0. The number of halogens is 1. The molecule has 1 unspecified atom stereocenters. The van der Waals surface area contributed by atoms with E-state index in [0.717, 1.165) is 0 Å². The number of nitrogens with zero attached hydrogens (tertiary/aromatic N) is 2. The van der Waals surface area contributed by atoms with E-state index in [4.69, 9.17) is 11.6 Å². The lowest BCUT2D eigenvalue weighted by Crippen LogP contribution is -2.36. The lowest BCUT2D eigenvalue weighted by molar-refractivity contribution is -0.128. The maximum Gasteiger partial charge on any atom is 0.237 e. The maximum absolute atomic E-state index is 12.2. The largest absolute Gasteiger partial charge is 0.508 e. The Morgan fingerprint density at radius 2 is 1.64 bits per heavy atom. The number of hydrogen-bond acceptors (Lipinski definition) is 6. The number of phenols is 4. The van der Waals surface area contributed by atoms with Gasteiger partial charge in [-0.25, -0.2) is 0 Å². The Kier molecular flexibility index (Phi) is 6.16. The van der Waals surface area contributed by atoms with Gasteiger partial charge < -0.3 is 25.3 Å². The summed E-state index contributed by atoms with van der Waals surface area (Å²) >= 11 is 5.74. The van der Waals surface area contributed by atoms with E-state index in [9.17, 15) is 25.2 Å². The van der Waals surface area contributed by atoms with Crippen LogP contribution < -0.4 is 0 Å². The van der Waals surface area contributed by atoms with Crippen molar-refractivity contribution < 1.29 is 25.2 Å². The molecule has 0 saturated carbocycles. The van der Waals surface area contributed by atoms with Crippen molar-refractivity contribution in [3.8, 4) is 23.0 Å². The van der Waals surface area contributed by atoms with E-state index in [1.165, 1.54) is 36.4 Å². The zero-order valence-corrected chi connectivity index (χ0v) is 16.0. The molecule has 3 rings (SSSR count). The van der Waals surface area contributed by atoms with Crippen molar-refractivity contribution in [1.82, 2.24) is 9.80 Å². The van der Waals surface area contributed by atoms with E-state index in [-0.39, 0.29) is 40.7 Å². The second-order valence-corrected chi connectivity index (χ2v) is 7.23. The molecule has 4 N–H and O–H groups in total. The van der Waals surface area contributed by atoms with Crippen molar-refractivity contribution in [1.29, 1.82) is 0 Å². The number of alkyl halides is 1. The average molecular weight is 407 g/mol. The van der Waals surface area contributed by atoms with Crippen LogP contribution in [0.2, 0.25) is 0 Å². The van der Waals surface area contributed by atoms with Crippen molar-refractivity contribution >= 4 is 17.5 Å². The first-order valence-electron chi connectivity index (χ1n) is 8.96. The number of amides is 1. The molecular weight excluding hydrogens is 384 g/mol. The van der Waals surface area contributed by atoms with Crippen LogP contribution in [-0.2, 0) is 11.3 Å². The summed E-state index contributed by atoms with van der Waals surface area (Å²) in [5, 5.41) is 39.9. The Morgan fingerprint density at radius 1 is 0.964 bits per heavy atom. The fourth-order valence-corrected chi connectivity index (χ4v) is 3.71. The van der Waals surface area contributed by atoms with Gasteiger partial charge in [-0.05, 0) is 36.4 Å². The van der Waals surface area contributed by atoms with Crippen molar-refractivity contribution in [3.63, 3.8) is 0 Å². The first kappa shape index (κ1) is 20.1. The van der Waals surface area contributed by atoms with Gasteiger partial charge in [-0.2, -0.15) is 0 Å². The van der Waals surface area contributed by atoms with E-state index in [1.807, 2.05) is 4.90 Å². The normalized spacial score (nSPS) is 18.0. The Balaban J connectivity index is 1.89. The van der Waals surface area contributed by atoms with E-state index in [2.05, 4.69) is 0 Å². The van der Waals surface area contributed by atoms with Gasteiger partial charge >= 0.3 is 0 Å². The number of hydrogen-bond donors (Lipinski definition) is 4. The zero-order chi connectivity index (χ0) is 20.3. The van der Waals surface area contributed by atoms with E-state index < -0.39 is 0 Å². The van der Waals surface area contributed by atoms with Crippen LogP contribution in [0.15, 0.2) is 36.4 Å². The van der Waals surface area contributed by atoms with E-state index >= 15 is 0 Å². The predicted molar refractivity (Wildman–Crippen MR) is 105 cm³/mol. The highest BCUT2D eigenvalue weighted by atomic mass is 35.5. The fourth-order valence-electron chi connectivity index (χ4n) is 3.54. The third-order valence-electron chi connectivity index (χ3n) is 4.98. The summed E-state index contributed by atoms with van der Waals surface area (Å²) in [6.45, 7) is 2.18. The number of rotatable bonds is 4. The van der Waals surface area contributed by atoms with Crippen molar-refractivity contribution in [2.75, 3.05) is 32.1 Å². The third-order valence-corrected chi connectivity index (χ3v) is 5.21. The molecule has 0 bridgehead atoms. The predicted octanol–water partition coefficient (Wildman–Crippen LogP) is 2.18. The molecule has 1 atom stereocenters. The van der Waals surface area contributed by atoms with Crippen LogP contribution in [0, 0.1) is 0 Å². The van der Waals surface area contributed by atoms with Gasteiger partial charge in [-0.3, -0.25) is 9.69 Å². The molecular formula is C20H23ClN2O5. The topological polar surface area (TPSA) is 104 Å². The average Bonchev–Trinajstić information content (AvgIpc) is 2.88. The summed E-state index contributed by atoms with van der Waals surface area (Å²) in [5.41, 5.74) is 1.11. The van der Waals surface area contributed by atoms with Crippen LogP contribution >= 0.6 is 11.6 Å². The molecule has 1 heterocycles. The van der Waals surface area contributed by atoms with Gasteiger partial charge in [0.2, 0.25) is 5.91 Å². The summed E-state index contributed by atoms with van der Waals surface area (Å²) in [4.78, 5) is 15.9. The number of benzene rings is 2. The van der Waals surface area contributed by atoms with Crippen molar-refractivity contribution in [2.45, 2.75) is 12.5 Å². The number of phenolic OH excluding ortho intramolecular Hbond substituents is 4. The van der Waals surface area contributed by atoms with Crippen LogP contribution in [0.5, 0.6) is 23.0 Å². The highest BCUT2D eigenvalue weighted by Crippen LogP contribution is 2.33. The first-order valence-corrected chi connectivity index (χ1v) is 9.49. The van der Waals surface area contributed by atoms with E-state index in [0.29, 0.717) is 43.9 Å². The van der Waals surface area contributed by atoms with Crippen LogP contribution in [-0.4, -0.2) is 68.2 Å². The second-order valence-electron chi connectivity index (χ2n) is 6.96. The molecule has 0 spiro atoms. The Labute approximate surface area is 168 Å². The maximum atomic E-state index is 12.2. The summed E-state index contributed by atoms with van der Waals surface area (Å²) in [5.74, 6) is -0.384. The zero-order valence-electron chi connectivity index (χ0n) is 15.3. The minimum atomic E-state index is -0.263. The molecule has 7 nitrogen and oxygen atoms in total. The smallest absolute Gasteiger partial charge is 0.237 e. The third kappa shape index (κ3) is 4.61. The minimum Gasteiger partial charge on any atom is -0.508 e. The van der Waals surface area contributed by atoms with Gasteiger partial charge in [0.15, 0.2) is 0 Å². The molecule has 150 valence electrons. The van der Waals surface area contributed by atoms with Crippen molar-refractivity contribution in [3.05, 3.63) is 47.5 Å². The second kappa shape index (κ2) is 8.58. The van der Waals surface area contributed by atoms with Crippen LogP contribution in [0.3, 0.4) is 0 Å². The highest BCUT2D eigenvalue weighted by molar-refractivity contribution is 6.27. The van der Waals surface area contributed by atoms with Gasteiger partial charge in [0.25, 0.3) is 0 Å². The molecule has 1 aliphatic rings. The monoisotopic (exact) mass is 406 g/mol. The van der Waals surface area contributed by atoms with Gasteiger partial charge in [-0.1, -0.05) is 0 Å². The van der Waals surface area contributed by atoms with E-state index in [1.54, 1.807) is 4.90 Å². The van der Waals surface area contributed by atoms with Crippen LogP contribution in [0.25, 0.3) is 0 Å².